The van der Waals surface area contributed by atoms with Crippen LogP contribution in [-0.2, 0) is 38.0 Å². The molecule has 0 saturated carbocycles. The highest BCUT2D eigenvalue weighted by Crippen LogP contribution is 2.26. The van der Waals surface area contributed by atoms with E-state index in [-0.39, 0.29) is 19.4 Å². The van der Waals surface area contributed by atoms with E-state index in [2.05, 4.69) is 92.8 Å². The van der Waals surface area contributed by atoms with Crippen molar-refractivity contribution < 1.29 is 73.8 Å². The predicted octanol–water partition coefficient (Wildman–Crippen LogP) is 7.37. The predicted molar refractivity (Wildman–Crippen MR) is 270 cm³/mol. The Labute approximate surface area is 417 Å². The van der Waals surface area contributed by atoms with Crippen molar-refractivity contribution in [1.82, 2.24) is 0 Å². The standard InChI is InChI=1S/C55H88O15/c1-3-5-7-9-11-13-15-17-19-21-23-25-27-29-31-33-35-37-46(57)65-40-43(68-47(58)38-36-34-32-30-28-26-24-22-20-18-16-14-12-10-8-6-4-2)41-66-54-53(64)51(62)49(60)45(70-54)42-67-55-52(63)50(61)48(59)44(39-56)69-55/h6,8,12,14,17-20,23-26,29-32,43-45,48-56,59-64H,3-5,7,9-11,13,15-16,21-22,27-28,33-42H2,1-2H3/b8-6+,14-12+,19-17+,20-18+,25-23+,26-24+,31-29+,32-30+/t43-,44+,45+,48-,49-,50?,51?,52?,53?,54+,55+/m0/s1. The molecule has 0 aromatic carbocycles. The second-order valence-corrected chi connectivity index (χ2v) is 17.6. The first-order valence-electron chi connectivity index (χ1n) is 25.8. The Morgan fingerprint density at radius 2 is 0.900 bits per heavy atom. The molecule has 0 aliphatic carbocycles. The van der Waals surface area contributed by atoms with Crippen LogP contribution in [0.15, 0.2) is 97.2 Å². The Morgan fingerprint density at radius 3 is 1.41 bits per heavy atom. The van der Waals surface area contributed by atoms with Crippen LogP contribution < -0.4 is 0 Å². The quantitative estimate of drug-likeness (QED) is 0.0182. The highest BCUT2D eigenvalue weighted by Gasteiger charge is 2.47. The van der Waals surface area contributed by atoms with Crippen molar-refractivity contribution in [2.75, 3.05) is 26.4 Å². The smallest absolute Gasteiger partial charge is 0.306 e. The summed E-state index contributed by atoms with van der Waals surface area (Å²) in [6.07, 6.45) is 34.5. The number of allylic oxidation sites excluding steroid dienone is 16. The van der Waals surface area contributed by atoms with Crippen molar-refractivity contribution in [1.29, 1.82) is 0 Å². The third-order valence-corrected chi connectivity index (χ3v) is 11.5. The van der Waals surface area contributed by atoms with Crippen molar-refractivity contribution in [3.63, 3.8) is 0 Å². The van der Waals surface area contributed by atoms with Crippen LogP contribution in [0.1, 0.15) is 142 Å². The summed E-state index contributed by atoms with van der Waals surface area (Å²) in [7, 11) is 0. The van der Waals surface area contributed by atoms with Gasteiger partial charge in [0.1, 0.15) is 55.4 Å². The van der Waals surface area contributed by atoms with Gasteiger partial charge in [-0.25, -0.2) is 0 Å². The van der Waals surface area contributed by atoms with Gasteiger partial charge in [0.15, 0.2) is 18.7 Å². The second kappa shape index (κ2) is 41.0. The Kier molecular flexibility index (Phi) is 36.6. The van der Waals surface area contributed by atoms with Gasteiger partial charge in [0.2, 0.25) is 0 Å². The number of ether oxygens (including phenoxy) is 6. The molecule has 398 valence electrons. The minimum atomic E-state index is -1.79. The molecule has 4 unspecified atom stereocenters. The number of unbranched alkanes of at least 4 members (excludes halogenated alkanes) is 8. The number of hydrogen-bond acceptors (Lipinski definition) is 15. The van der Waals surface area contributed by atoms with E-state index in [1.807, 2.05) is 18.2 Å². The Hall–Kier alpha value is -3.58. The number of hydrogen-bond donors (Lipinski definition) is 7. The summed E-state index contributed by atoms with van der Waals surface area (Å²) in [6, 6.07) is 0. The molecule has 2 aliphatic rings. The summed E-state index contributed by atoms with van der Waals surface area (Å²) in [5, 5.41) is 72.1. The van der Waals surface area contributed by atoms with Crippen LogP contribution in [0.4, 0.5) is 0 Å². The molecule has 70 heavy (non-hydrogen) atoms. The van der Waals surface area contributed by atoms with E-state index in [1.165, 1.54) is 38.5 Å². The molecule has 0 aromatic heterocycles. The molecule has 2 fully saturated rings. The van der Waals surface area contributed by atoms with Crippen molar-refractivity contribution in [2.45, 2.75) is 210 Å². The highest BCUT2D eigenvalue weighted by molar-refractivity contribution is 5.70. The zero-order chi connectivity index (χ0) is 51.0. The van der Waals surface area contributed by atoms with Crippen LogP contribution in [0.25, 0.3) is 0 Å². The lowest BCUT2D eigenvalue weighted by Gasteiger charge is -2.42. The SMILES string of the molecule is CC/C=C/C/C=C/C/C=C/C/C=C/C/C=C/CCCC(=O)O[C@@H](COC(=O)CCC/C=C/C/C=C/C/C=C/CCCCCCCC)CO[C@@H]1O[C@H](CO[C@@H]2O[C@H](CO)[C@H](O)C(O)C2O)[C@H](O)C(O)C1O. The number of aliphatic hydroxyl groups excluding tert-OH is 7. The molecule has 0 amide bonds. The van der Waals surface area contributed by atoms with Gasteiger partial charge < -0.3 is 64.2 Å². The lowest BCUT2D eigenvalue weighted by molar-refractivity contribution is -0.332. The topological polar surface area (TPSA) is 231 Å². The monoisotopic (exact) mass is 989 g/mol. The first-order valence-corrected chi connectivity index (χ1v) is 25.8. The molecule has 2 rings (SSSR count). The maximum atomic E-state index is 13.0. The van der Waals surface area contributed by atoms with Crippen molar-refractivity contribution in [3.8, 4) is 0 Å². The maximum Gasteiger partial charge on any atom is 0.306 e. The van der Waals surface area contributed by atoms with Crippen LogP contribution in [0, 0.1) is 0 Å². The molecule has 0 aromatic rings. The number of rotatable bonds is 38. The van der Waals surface area contributed by atoms with Gasteiger partial charge in [0.25, 0.3) is 0 Å². The van der Waals surface area contributed by atoms with Crippen LogP contribution in [-0.4, -0.2) is 142 Å². The molecule has 15 nitrogen and oxygen atoms in total. The van der Waals surface area contributed by atoms with Gasteiger partial charge in [-0.2, -0.15) is 0 Å². The molecule has 2 saturated heterocycles. The van der Waals surface area contributed by atoms with E-state index in [1.54, 1.807) is 0 Å². The fraction of sp³-hybridized carbons (Fsp3) is 0.673. The van der Waals surface area contributed by atoms with Crippen LogP contribution in [0.5, 0.6) is 0 Å². The van der Waals surface area contributed by atoms with E-state index >= 15 is 0 Å². The molecule has 15 heteroatoms. The van der Waals surface area contributed by atoms with Crippen molar-refractivity contribution >= 4 is 11.9 Å². The highest BCUT2D eigenvalue weighted by atomic mass is 16.7. The van der Waals surface area contributed by atoms with E-state index in [4.69, 9.17) is 28.4 Å². The van der Waals surface area contributed by atoms with Crippen molar-refractivity contribution in [3.05, 3.63) is 97.2 Å². The molecule has 2 heterocycles. The Morgan fingerprint density at radius 1 is 0.471 bits per heavy atom. The summed E-state index contributed by atoms with van der Waals surface area (Å²) < 4.78 is 33.4. The van der Waals surface area contributed by atoms with E-state index in [0.29, 0.717) is 25.7 Å². The van der Waals surface area contributed by atoms with Gasteiger partial charge in [-0.3, -0.25) is 9.59 Å². The van der Waals surface area contributed by atoms with Crippen LogP contribution >= 0.6 is 0 Å². The molecule has 11 atom stereocenters. The second-order valence-electron chi connectivity index (χ2n) is 17.6. The average Bonchev–Trinajstić information content (AvgIpc) is 3.35. The molecule has 7 N–H and O–H groups in total. The summed E-state index contributed by atoms with van der Waals surface area (Å²) in [5.74, 6) is -1.06. The lowest BCUT2D eigenvalue weighted by Crippen LogP contribution is -2.61. The van der Waals surface area contributed by atoms with E-state index in [0.717, 1.165) is 51.4 Å². The molecule has 0 spiro atoms. The minimum absolute atomic E-state index is 0.0705. The number of carbonyl (C=O) groups is 2. The summed E-state index contributed by atoms with van der Waals surface area (Å²) >= 11 is 0. The largest absolute Gasteiger partial charge is 0.462 e. The van der Waals surface area contributed by atoms with E-state index in [9.17, 15) is 45.3 Å². The Bertz CT molecular complexity index is 1580. The molecule has 0 radical (unpaired) electrons. The first-order chi connectivity index (χ1) is 34.0. The zero-order valence-electron chi connectivity index (χ0n) is 42.0. The molecular formula is C55H88O15. The number of carbonyl (C=O) groups excluding carboxylic acids is 2. The summed E-state index contributed by atoms with van der Waals surface area (Å²) in [5.41, 5.74) is 0. The minimum Gasteiger partial charge on any atom is -0.462 e. The van der Waals surface area contributed by atoms with Crippen molar-refractivity contribution in [2.24, 2.45) is 0 Å². The number of esters is 2. The Balaban J connectivity index is 1.87. The van der Waals surface area contributed by atoms with Crippen LogP contribution in [0.3, 0.4) is 0 Å². The van der Waals surface area contributed by atoms with Gasteiger partial charge >= 0.3 is 11.9 Å². The third kappa shape index (κ3) is 28.5. The normalized spacial score (nSPS) is 26.2. The fourth-order valence-corrected chi connectivity index (χ4v) is 7.33. The van der Waals surface area contributed by atoms with E-state index < -0.39 is 99.3 Å². The lowest BCUT2D eigenvalue weighted by atomic mass is 9.98. The van der Waals surface area contributed by atoms with Gasteiger partial charge in [-0.05, 0) is 83.5 Å². The summed E-state index contributed by atoms with van der Waals surface area (Å²) in [6.45, 7) is 2.33. The molecule has 2 aliphatic heterocycles. The summed E-state index contributed by atoms with van der Waals surface area (Å²) in [4.78, 5) is 25.7. The van der Waals surface area contributed by atoms with Gasteiger partial charge in [0.05, 0.1) is 19.8 Å². The van der Waals surface area contributed by atoms with Crippen LogP contribution in [0.2, 0.25) is 0 Å². The maximum absolute atomic E-state index is 13.0. The molecule has 0 bridgehead atoms. The average molecular weight is 989 g/mol. The van der Waals surface area contributed by atoms with Gasteiger partial charge in [-0.15, -0.1) is 0 Å². The fourth-order valence-electron chi connectivity index (χ4n) is 7.33. The number of aliphatic hydroxyl groups is 7. The van der Waals surface area contributed by atoms with Gasteiger partial charge in [0, 0.05) is 12.8 Å². The first kappa shape index (κ1) is 62.5. The third-order valence-electron chi connectivity index (χ3n) is 11.5. The zero-order valence-corrected chi connectivity index (χ0v) is 42.0. The molecular weight excluding hydrogens is 901 g/mol. The van der Waals surface area contributed by atoms with Gasteiger partial charge in [-0.1, -0.05) is 143 Å².